The van der Waals surface area contributed by atoms with Crippen molar-refractivity contribution in [2.24, 2.45) is 0 Å². The topological polar surface area (TPSA) is 59.0 Å². The molecule has 112 valence electrons. The Labute approximate surface area is 125 Å². The molecule has 1 atom stereocenters. The summed E-state index contributed by atoms with van der Waals surface area (Å²) in [5.74, 6) is -0.0621. The number of nitrogens with zero attached hydrogens (tertiary/aromatic N) is 2. The first-order valence-electron chi connectivity index (χ1n) is 7.16. The van der Waals surface area contributed by atoms with Crippen LogP contribution in [0.4, 0.5) is 11.4 Å². The zero-order valence-electron chi connectivity index (χ0n) is 13.0. The number of aryl methyl sites for hydroxylation is 3. The summed E-state index contributed by atoms with van der Waals surface area (Å²) in [5.41, 5.74) is 3.89. The van der Waals surface area contributed by atoms with E-state index in [-0.39, 0.29) is 11.9 Å². The van der Waals surface area contributed by atoms with Crippen LogP contribution in [0, 0.1) is 13.8 Å². The summed E-state index contributed by atoms with van der Waals surface area (Å²) in [6, 6.07) is 5.69. The average Bonchev–Trinajstić information content (AvgIpc) is 2.90. The minimum atomic E-state index is -0.334. The van der Waals surface area contributed by atoms with Crippen LogP contribution in [-0.2, 0) is 11.3 Å². The lowest BCUT2D eigenvalue weighted by atomic mass is 10.1. The third kappa shape index (κ3) is 3.84. The molecule has 1 aromatic heterocycles. The van der Waals surface area contributed by atoms with Crippen molar-refractivity contribution in [1.29, 1.82) is 0 Å². The molecule has 0 saturated heterocycles. The first kappa shape index (κ1) is 15.1. The van der Waals surface area contributed by atoms with Gasteiger partial charge in [0.25, 0.3) is 0 Å². The van der Waals surface area contributed by atoms with Gasteiger partial charge in [-0.15, -0.1) is 0 Å². The minimum absolute atomic E-state index is 0.0621. The summed E-state index contributed by atoms with van der Waals surface area (Å²) in [5, 5.41) is 10.3. The maximum Gasteiger partial charge on any atom is 0.246 e. The third-order valence-electron chi connectivity index (χ3n) is 3.38. The molecule has 0 aliphatic rings. The fourth-order valence-electron chi connectivity index (χ4n) is 2.04. The second-order valence-corrected chi connectivity index (χ2v) is 5.26. The molecular formula is C16H22N4O. The normalized spacial score (nSPS) is 12.0. The molecule has 1 amide bonds. The number of rotatable bonds is 5. The molecule has 5 nitrogen and oxygen atoms in total. The Bertz CT molecular complexity index is 633. The molecule has 1 aromatic carbocycles. The predicted molar refractivity (Wildman–Crippen MR) is 85.5 cm³/mol. The fourth-order valence-corrected chi connectivity index (χ4v) is 2.04. The average molecular weight is 286 g/mol. The lowest BCUT2D eigenvalue weighted by Gasteiger charge is -2.15. The van der Waals surface area contributed by atoms with Gasteiger partial charge in [0.2, 0.25) is 5.91 Å². The first-order valence-corrected chi connectivity index (χ1v) is 7.16. The smallest absolute Gasteiger partial charge is 0.246 e. The standard InChI is InChI=1S/C16H22N4O/c1-5-20-10-14(9-17-20)18-13(4)16(21)19-15-8-11(2)6-7-12(15)3/h6-10,13,18H,5H2,1-4H3,(H,19,21)/t13-/m1/s1. The van der Waals surface area contributed by atoms with Crippen molar-refractivity contribution in [3.8, 4) is 0 Å². The zero-order valence-corrected chi connectivity index (χ0v) is 13.0. The summed E-state index contributed by atoms with van der Waals surface area (Å²) in [6.07, 6.45) is 3.62. The maximum atomic E-state index is 12.3. The van der Waals surface area contributed by atoms with Crippen LogP contribution < -0.4 is 10.6 Å². The van der Waals surface area contributed by atoms with E-state index < -0.39 is 0 Å². The summed E-state index contributed by atoms with van der Waals surface area (Å²) in [7, 11) is 0. The summed E-state index contributed by atoms with van der Waals surface area (Å²) < 4.78 is 1.82. The van der Waals surface area contributed by atoms with Crippen molar-refractivity contribution in [3.63, 3.8) is 0 Å². The molecule has 2 aromatic rings. The molecule has 5 heteroatoms. The van der Waals surface area contributed by atoms with Crippen molar-refractivity contribution in [1.82, 2.24) is 9.78 Å². The first-order chi connectivity index (χ1) is 9.99. The number of amides is 1. The van der Waals surface area contributed by atoms with E-state index in [1.54, 1.807) is 6.20 Å². The van der Waals surface area contributed by atoms with Crippen LogP contribution >= 0.6 is 0 Å². The minimum Gasteiger partial charge on any atom is -0.371 e. The summed E-state index contributed by atoms with van der Waals surface area (Å²) >= 11 is 0. The molecule has 0 radical (unpaired) electrons. The molecule has 0 aliphatic heterocycles. The highest BCUT2D eigenvalue weighted by molar-refractivity contribution is 5.96. The van der Waals surface area contributed by atoms with Crippen molar-refractivity contribution >= 4 is 17.3 Å². The Morgan fingerprint density at radius 3 is 2.81 bits per heavy atom. The number of hydrogen-bond acceptors (Lipinski definition) is 3. The number of anilines is 2. The zero-order chi connectivity index (χ0) is 15.4. The van der Waals surface area contributed by atoms with Gasteiger partial charge in [0, 0.05) is 18.4 Å². The Kier molecular flexibility index (Phi) is 4.62. The van der Waals surface area contributed by atoms with E-state index in [1.165, 1.54) is 0 Å². The van der Waals surface area contributed by atoms with Gasteiger partial charge in [0.1, 0.15) is 6.04 Å². The maximum absolute atomic E-state index is 12.3. The Morgan fingerprint density at radius 2 is 2.14 bits per heavy atom. The largest absolute Gasteiger partial charge is 0.371 e. The number of carbonyl (C=O) groups excluding carboxylic acids is 1. The molecule has 0 aliphatic carbocycles. The molecule has 0 spiro atoms. The van der Waals surface area contributed by atoms with E-state index in [1.807, 2.05) is 56.8 Å². The number of aromatic nitrogens is 2. The number of carbonyl (C=O) groups is 1. The van der Waals surface area contributed by atoms with Crippen LogP contribution in [0.2, 0.25) is 0 Å². The van der Waals surface area contributed by atoms with Crippen molar-refractivity contribution in [3.05, 3.63) is 41.7 Å². The van der Waals surface area contributed by atoms with Gasteiger partial charge in [-0.1, -0.05) is 12.1 Å². The van der Waals surface area contributed by atoms with Gasteiger partial charge >= 0.3 is 0 Å². The SMILES string of the molecule is CCn1cc(N[C@H](C)C(=O)Nc2cc(C)ccc2C)cn1. The Hall–Kier alpha value is -2.30. The van der Waals surface area contributed by atoms with E-state index in [4.69, 9.17) is 0 Å². The van der Waals surface area contributed by atoms with Crippen LogP contribution in [0.15, 0.2) is 30.6 Å². The van der Waals surface area contributed by atoms with Gasteiger partial charge in [-0.2, -0.15) is 5.10 Å². The second kappa shape index (κ2) is 6.43. The molecule has 1 heterocycles. The van der Waals surface area contributed by atoms with Crippen LogP contribution in [0.1, 0.15) is 25.0 Å². The monoisotopic (exact) mass is 286 g/mol. The number of hydrogen-bond donors (Lipinski definition) is 2. The molecule has 0 unspecified atom stereocenters. The Morgan fingerprint density at radius 1 is 1.38 bits per heavy atom. The molecule has 2 N–H and O–H groups in total. The van der Waals surface area contributed by atoms with E-state index in [0.29, 0.717) is 0 Å². The van der Waals surface area contributed by atoms with E-state index in [0.717, 1.165) is 29.0 Å². The van der Waals surface area contributed by atoms with Crippen molar-refractivity contribution in [2.75, 3.05) is 10.6 Å². The Balaban J connectivity index is 2.00. The quantitative estimate of drug-likeness (QED) is 0.888. The summed E-state index contributed by atoms with van der Waals surface area (Å²) in [6.45, 7) is 8.66. The van der Waals surface area contributed by atoms with Gasteiger partial charge in [-0.25, -0.2) is 0 Å². The van der Waals surface area contributed by atoms with E-state index in [2.05, 4.69) is 15.7 Å². The highest BCUT2D eigenvalue weighted by atomic mass is 16.2. The second-order valence-electron chi connectivity index (χ2n) is 5.26. The molecule has 0 fully saturated rings. The number of benzene rings is 1. The van der Waals surface area contributed by atoms with Crippen molar-refractivity contribution in [2.45, 2.75) is 40.3 Å². The molecular weight excluding hydrogens is 264 g/mol. The lowest BCUT2D eigenvalue weighted by Crippen LogP contribution is -2.32. The lowest BCUT2D eigenvalue weighted by molar-refractivity contribution is -0.116. The van der Waals surface area contributed by atoms with E-state index in [9.17, 15) is 4.79 Å². The third-order valence-corrected chi connectivity index (χ3v) is 3.38. The molecule has 0 bridgehead atoms. The van der Waals surface area contributed by atoms with Gasteiger partial charge in [0.15, 0.2) is 0 Å². The van der Waals surface area contributed by atoms with Gasteiger partial charge in [0.05, 0.1) is 11.9 Å². The fraction of sp³-hybridized carbons (Fsp3) is 0.375. The summed E-state index contributed by atoms with van der Waals surface area (Å²) in [4.78, 5) is 12.3. The number of nitrogens with one attached hydrogen (secondary N) is 2. The molecule has 0 saturated carbocycles. The predicted octanol–water partition coefficient (Wildman–Crippen LogP) is 2.96. The van der Waals surface area contributed by atoms with Crippen LogP contribution in [0.25, 0.3) is 0 Å². The van der Waals surface area contributed by atoms with Crippen molar-refractivity contribution < 1.29 is 4.79 Å². The van der Waals surface area contributed by atoms with Gasteiger partial charge < -0.3 is 10.6 Å². The van der Waals surface area contributed by atoms with Crippen LogP contribution in [-0.4, -0.2) is 21.7 Å². The van der Waals surface area contributed by atoms with E-state index >= 15 is 0 Å². The molecule has 21 heavy (non-hydrogen) atoms. The highest BCUT2D eigenvalue weighted by Crippen LogP contribution is 2.17. The van der Waals surface area contributed by atoms with Gasteiger partial charge in [-0.05, 0) is 44.9 Å². The van der Waals surface area contributed by atoms with Crippen LogP contribution in [0.5, 0.6) is 0 Å². The molecule has 2 rings (SSSR count). The van der Waals surface area contributed by atoms with Gasteiger partial charge in [-0.3, -0.25) is 9.48 Å². The highest BCUT2D eigenvalue weighted by Gasteiger charge is 2.14. The van der Waals surface area contributed by atoms with Crippen LogP contribution in [0.3, 0.4) is 0 Å².